The fraction of sp³-hybridized carbons (Fsp3) is 0.357. The molecule has 0 aliphatic rings. The average Bonchev–Trinajstić information content (AvgIpc) is 2.84. The molecule has 21 heavy (non-hydrogen) atoms. The zero-order chi connectivity index (χ0) is 15.6. The van der Waals surface area contributed by atoms with Gasteiger partial charge in [0.15, 0.2) is 5.76 Å². The molecular weight excluding hydrogens is 349 g/mol. The molecule has 0 saturated heterocycles. The van der Waals surface area contributed by atoms with E-state index in [4.69, 9.17) is 4.42 Å². The Morgan fingerprint density at radius 3 is 2.67 bits per heavy atom. The summed E-state index contributed by atoms with van der Waals surface area (Å²) in [7, 11) is 0. The van der Waals surface area contributed by atoms with E-state index in [0.29, 0.717) is 23.8 Å². The number of halogens is 4. The summed E-state index contributed by atoms with van der Waals surface area (Å²) in [5, 5.41) is 3.13. The Balaban J connectivity index is 2.26. The maximum absolute atomic E-state index is 12.9. The van der Waals surface area contributed by atoms with Crippen molar-refractivity contribution in [3.63, 3.8) is 0 Å². The van der Waals surface area contributed by atoms with E-state index < -0.39 is 11.7 Å². The third-order valence-corrected chi connectivity index (χ3v) is 3.46. The van der Waals surface area contributed by atoms with Gasteiger partial charge in [0.2, 0.25) is 5.89 Å². The first kappa shape index (κ1) is 16.0. The van der Waals surface area contributed by atoms with E-state index in [1.165, 1.54) is 12.3 Å². The Bertz CT molecular complexity index is 623. The maximum Gasteiger partial charge on any atom is 0.417 e. The van der Waals surface area contributed by atoms with Crippen LogP contribution >= 0.6 is 15.9 Å². The fourth-order valence-corrected chi connectivity index (χ4v) is 2.18. The SMILES string of the molecule is CC(C)NCc1ncc(-c2ccc(Br)c(C(F)(F)F)c2)o1. The monoisotopic (exact) mass is 362 g/mol. The van der Waals surface area contributed by atoms with Crippen LogP contribution in [0.15, 0.2) is 33.3 Å². The van der Waals surface area contributed by atoms with Gasteiger partial charge in [-0.1, -0.05) is 35.8 Å². The lowest BCUT2D eigenvalue weighted by atomic mass is 10.1. The molecule has 2 rings (SSSR count). The van der Waals surface area contributed by atoms with Gasteiger partial charge in [-0.15, -0.1) is 0 Å². The van der Waals surface area contributed by atoms with Gasteiger partial charge in [-0.3, -0.25) is 0 Å². The average molecular weight is 363 g/mol. The van der Waals surface area contributed by atoms with Crippen molar-refractivity contribution in [2.45, 2.75) is 32.6 Å². The van der Waals surface area contributed by atoms with Crippen LogP contribution in [-0.4, -0.2) is 11.0 Å². The smallest absolute Gasteiger partial charge is 0.417 e. The minimum atomic E-state index is -4.42. The minimum Gasteiger partial charge on any atom is -0.439 e. The van der Waals surface area contributed by atoms with Crippen molar-refractivity contribution in [1.29, 1.82) is 0 Å². The Hall–Kier alpha value is -1.34. The Morgan fingerprint density at radius 2 is 2.05 bits per heavy atom. The van der Waals surface area contributed by atoms with Gasteiger partial charge in [0, 0.05) is 16.1 Å². The van der Waals surface area contributed by atoms with Gasteiger partial charge in [0.05, 0.1) is 18.3 Å². The van der Waals surface area contributed by atoms with Gasteiger partial charge in [0.25, 0.3) is 0 Å². The lowest BCUT2D eigenvalue weighted by Crippen LogP contribution is -2.21. The molecule has 114 valence electrons. The lowest BCUT2D eigenvalue weighted by Gasteiger charge is -2.10. The zero-order valence-corrected chi connectivity index (χ0v) is 13.0. The fourth-order valence-electron chi connectivity index (χ4n) is 1.71. The molecule has 1 aromatic carbocycles. The summed E-state index contributed by atoms with van der Waals surface area (Å²) in [6.45, 7) is 4.39. The van der Waals surface area contributed by atoms with Gasteiger partial charge < -0.3 is 9.73 Å². The molecule has 0 saturated carbocycles. The molecule has 0 aliphatic carbocycles. The summed E-state index contributed by atoms with van der Waals surface area (Å²) in [5.41, 5.74) is -0.396. The number of aromatic nitrogens is 1. The first-order valence-electron chi connectivity index (χ1n) is 6.32. The molecular formula is C14H14BrF3N2O. The number of nitrogens with zero attached hydrogens (tertiary/aromatic N) is 1. The van der Waals surface area contributed by atoms with Crippen LogP contribution < -0.4 is 5.32 Å². The van der Waals surface area contributed by atoms with E-state index in [2.05, 4.69) is 26.2 Å². The molecule has 0 fully saturated rings. The predicted molar refractivity (Wildman–Crippen MR) is 76.6 cm³/mol. The molecule has 1 N–H and O–H groups in total. The molecule has 0 amide bonds. The first-order valence-corrected chi connectivity index (χ1v) is 7.12. The van der Waals surface area contributed by atoms with Crippen LogP contribution in [0.25, 0.3) is 11.3 Å². The van der Waals surface area contributed by atoms with Gasteiger partial charge in [-0.2, -0.15) is 13.2 Å². The van der Waals surface area contributed by atoms with Crippen molar-refractivity contribution in [3.05, 3.63) is 40.3 Å². The molecule has 7 heteroatoms. The number of benzene rings is 1. The second kappa shape index (κ2) is 6.19. The van der Waals surface area contributed by atoms with Crippen LogP contribution in [0.4, 0.5) is 13.2 Å². The number of rotatable bonds is 4. The van der Waals surface area contributed by atoms with Crippen molar-refractivity contribution in [2.75, 3.05) is 0 Å². The normalized spacial score (nSPS) is 12.1. The summed E-state index contributed by atoms with van der Waals surface area (Å²) in [5.74, 6) is 0.753. The van der Waals surface area contributed by atoms with E-state index in [1.807, 2.05) is 13.8 Å². The predicted octanol–water partition coefficient (Wildman–Crippen LogP) is 4.62. The molecule has 2 aromatic rings. The summed E-state index contributed by atoms with van der Waals surface area (Å²) >= 11 is 2.91. The third-order valence-electron chi connectivity index (χ3n) is 2.77. The summed E-state index contributed by atoms with van der Waals surface area (Å²) in [6.07, 6.45) is -2.99. The van der Waals surface area contributed by atoms with Gasteiger partial charge in [-0.25, -0.2) is 4.98 Å². The van der Waals surface area contributed by atoms with E-state index >= 15 is 0 Å². The molecule has 0 atom stereocenters. The number of hydrogen-bond acceptors (Lipinski definition) is 3. The van der Waals surface area contributed by atoms with Gasteiger partial charge in [0.1, 0.15) is 0 Å². The van der Waals surface area contributed by atoms with E-state index in [9.17, 15) is 13.2 Å². The second-order valence-corrected chi connectivity index (χ2v) is 5.70. The highest BCUT2D eigenvalue weighted by Gasteiger charge is 2.33. The summed E-state index contributed by atoms with van der Waals surface area (Å²) in [6, 6.07) is 4.22. The first-order chi connectivity index (χ1) is 9.77. The van der Waals surface area contributed by atoms with Gasteiger partial charge in [-0.05, 0) is 12.1 Å². The van der Waals surface area contributed by atoms with Crippen LogP contribution in [0.3, 0.4) is 0 Å². The van der Waals surface area contributed by atoms with Crippen molar-refractivity contribution < 1.29 is 17.6 Å². The Labute approximate surface area is 128 Å². The topological polar surface area (TPSA) is 38.1 Å². The number of oxazole rings is 1. The van der Waals surface area contributed by atoms with E-state index in [-0.39, 0.29) is 10.5 Å². The largest absolute Gasteiger partial charge is 0.439 e. The highest BCUT2D eigenvalue weighted by Crippen LogP contribution is 2.37. The molecule has 0 radical (unpaired) electrons. The summed E-state index contributed by atoms with van der Waals surface area (Å²) in [4.78, 5) is 4.06. The molecule has 3 nitrogen and oxygen atoms in total. The van der Waals surface area contributed by atoms with E-state index in [0.717, 1.165) is 6.07 Å². The standard InChI is InChI=1S/C14H14BrF3N2O/c1-8(2)19-7-13-20-6-12(21-13)9-3-4-11(15)10(5-9)14(16,17)18/h3-6,8,19H,7H2,1-2H3. The van der Waals surface area contributed by atoms with Gasteiger partial charge >= 0.3 is 6.18 Å². The molecule has 0 bridgehead atoms. The molecule has 1 heterocycles. The number of alkyl halides is 3. The molecule has 0 unspecified atom stereocenters. The lowest BCUT2D eigenvalue weighted by molar-refractivity contribution is -0.138. The highest BCUT2D eigenvalue weighted by atomic mass is 79.9. The second-order valence-electron chi connectivity index (χ2n) is 4.85. The molecule has 0 spiro atoms. The van der Waals surface area contributed by atoms with Crippen LogP contribution in [0, 0.1) is 0 Å². The van der Waals surface area contributed by atoms with Crippen LogP contribution in [0.1, 0.15) is 25.3 Å². The minimum absolute atomic E-state index is 0.0000341. The van der Waals surface area contributed by atoms with Crippen LogP contribution in [-0.2, 0) is 12.7 Å². The number of hydrogen-bond donors (Lipinski definition) is 1. The number of nitrogens with one attached hydrogen (secondary N) is 1. The zero-order valence-electron chi connectivity index (χ0n) is 11.5. The van der Waals surface area contributed by atoms with Crippen LogP contribution in [0.2, 0.25) is 0 Å². The van der Waals surface area contributed by atoms with E-state index in [1.54, 1.807) is 6.07 Å². The van der Waals surface area contributed by atoms with Crippen molar-refractivity contribution in [2.24, 2.45) is 0 Å². The maximum atomic E-state index is 12.9. The Morgan fingerprint density at radius 1 is 1.33 bits per heavy atom. The van der Waals surface area contributed by atoms with Crippen LogP contribution in [0.5, 0.6) is 0 Å². The quantitative estimate of drug-likeness (QED) is 0.862. The van der Waals surface area contributed by atoms with Crippen molar-refractivity contribution >= 4 is 15.9 Å². The molecule has 1 aromatic heterocycles. The van der Waals surface area contributed by atoms with Crippen molar-refractivity contribution in [3.8, 4) is 11.3 Å². The Kier molecular flexibility index (Phi) is 4.73. The van der Waals surface area contributed by atoms with Crippen molar-refractivity contribution in [1.82, 2.24) is 10.3 Å². The summed E-state index contributed by atoms with van der Waals surface area (Å²) < 4.78 is 44.1. The molecule has 0 aliphatic heterocycles. The highest BCUT2D eigenvalue weighted by molar-refractivity contribution is 9.10. The third kappa shape index (κ3) is 4.07.